The Morgan fingerprint density at radius 2 is 1.77 bits per heavy atom. The van der Waals surface area contributed by atoms with Gasteiger partial charge in [0.2, 0.25) is 15.9 Å². The smallest absolute Gasteiger partial charge is 0.243 e. The first-order valence-electron chi connectivity index (χ1n) is 10.9. The van der Waals surface area contributed by atoms with Gasteiger partial charge in [-0.15, -0.1) is 0 Å². The van der Waals surface area contributed by atoms with Crippen LogP contribution in [0.1, 0.15) is 5.56 Å². The molecule has 4 rings (SSSR count). The SMILES string of the molecule is COc1ccc(S(=O)(=O)N(CCc2ccccc2)CC(=O)Nc2ccc3c(c2)OCCO3)cc1Cl. The zero-order chi connectivity index (χ0) is 24.8. The van der Waals surface area contributed by atoms with E-state index < -0.39 is 15.9 Å². The van der Waals surface area contributed by atoms with Gasteiger partial charge in [-0.05, 0) is 42.3 Å². The van der Waals surface area contributed by atoms with Gasteiger partial charge in [0.15, 0.2) is 11.5 Å². The summed E-state index contributed by atoms with van der Waals surface area (Å²) in [4.78, 5) is 12.9. The van der Waals surface area contributed by atoms with Gasteiger partial charge in [-0.2, -0.15) is 4.31 Å². The van der Waals surface area contributed by atoms with Crippen LogP contribution >= 0.6 is 11.6 Å². The third kappa shape index (κ3) is 6.05. The van der Waals surface area contributed by atoms with Crippen LogP contribution in [0.2, 0.25) is 5.02 Å². The summed E-state index contributed by atoms with van der Waals surface area (Å²) in [6.07, 6.45) is 0.432. The zero-order valence-electron chi connectivity index (χ0n) is 19.1. The second-order valence-electron chi connectivity index (χ2n) is 7.78. The van der Waals surface area contributed by atoms with Crippen LogP contribution in [0.15, 0.2) is 71.6 Å². The second-order valence-corrected chi connectivity index (χ2v) is 10.1. The van der Waals surface area contributed by atoms with E-state index in [-0.39, 0.29) is 23.0 Å². The summed E-state index contributed by atoms with van der Waals surface area (Å²) in [5.74, 6) is 0.990. The number of nitrogens with zero attached hydrogens (tertiary/aromatic N) is 1. The van der Waals surface area contributed by atoms with Crippen LogP contribution in [0.4, 0.5) is 5.69 Å². The molecule has 3 aromatic carbocycles. The van der Waals surface area contributed by atoms with E-state index in [9.17, 15) is 13.2 Å². The molecule has 8 nitrogen and oxygen atoms in total. The standard InChI is InChI=1S/C25H25ClN2O6S/c1-32-22-10-8-20(16-21(22)26)35(30,31)28(12-11-18-5-3-2-4-6-18)17-25(29)27-19-7-9-23-24(15-19)34-14-13-33-23/h2-10,15-16H,11-14,17H2,1H3,(H,27,29). The van der Waals surface area contributed by atoms with Crippen molar-refractivity contribution in [1.29, 1.82) is 0 Å². The molecule has 1 aliphatic rings. The molecule has 35 heavy (non-hydrogen) atoms. The number of amides is 1. The minimum Gasteiger partial charge on any atom is -0.495 e. The molecule has 1 N–H and O–H groups in total. The Morgan fingerprint density at radius 3 is 2.49 bits per heavy atom. The number of halogens is 1. The fourth-order valence-corrected chi connectivity index (χ4v) is 5.37. The highest BCUT2D eigenvalue weighted by molar-refractivity contribution is 7.89. The fraction of sp³-hybridized carbons (Fsp3) is 0.240. The van der Waals surface area contributed by atoms with Gasteiger partial charge in [-0.3, -0.25) is 4.79 Å². The van der Waals surface area contributed by atoms with Gasteiger partial charge in [0.1, 0.15) is 19.0 Å². The van der Waals surface area contributed by atoms with Crippen molar-refractivity contribution in [3.05, 3.63) is 77.3 Å². The molecule has 1 amide bonds. The number of carbonyl (C=O) groups excluding carboxylic acids is 1. The van der Waals surface area contributed by atoms with Crippen LogP contribution < -0.4 is 19.5 Å². The molecule has 0 aliphatic carbocycles. The van der Waals surface area contributed by atoms with Crippen LogP contribution in [0.5, 0.6) is 17.2 Å². The summed E-state index contributed by atoms with van der Waals surface area (Å²) >= 11 is 6.17. The Morgan fingerprint density at radius 1 is 1.03 bits per heavy atom. The van der Waals surface area contributed by atoms with E-state index >= 15 is 0 Å². The molecule has 0 saturated carbocycles. The molecule has 0 saturated heterocycles. The topological polar surface area (TPSA) is 94.2 Å². The largest absolute Gasteiger partial charge is 0.495 e. The maximum absolute atomic E-state index is 13.5. The predicted octanol–water partition coefficient (Wildman–Crippen LogP) is 3.99. The minimum absolute atomic E-state index is 0.0245. The molecule has 3 aromatic rings. The number of rotatable bonds is 9. The highest BCUT2D eigenvalue weighted by Gasteiger charge is 2.27. The third-order valence-corrected chi connectivity index (χ3v) is 7.54. The van der Waals surface area contributed by atoms with Crippen molar-refractivity contribution in [3.63, 3.8) is 0 Å². The van der Waals surface area contributed by atoms with Gasteiger partial charge in [0.05, 0.1) is 23.6 Å². The Labute approximate surface area is 209 Å². The summed E-state index contributed by atoms with van der Waals surface area (Å²) in [7, 11) is -2.58. The van der Waals surface area contributed by atoms with Gasteiger partial charge in [-0.1, -0.05) is 41.9 Å². The molecule has 0 unspecified atom stereocenters. The number of hydrogen-bond donors (Lipinski definition) is 1. The Hall–Kier alpha value is -3.27. The van der Waals surface area contributed by atoms with Gasteiger partial charge in [0.25, 0.3) is 0 Å². The third-order valence-electron chi connectivity index (χ3n) is 5.40. The number of carbonyl (C=O) groups is 1. The highest BCUT2D eigenvalue weighted by atomic mass is 35.5. The normalized spacial score (nSPS) is 12.9. The van der Waals surface area contributed by atoms with E-state index in [0.29, 0.717) is 42.6 Å². The highest BCUT2D eigenvalue weighted by Crippen LogP contribution is 2.33. The monoisotopic (exact) mass is 516 g/mol. The first-order valence-corrected chi connectivity index (χ1v) is 12.8. The molecule has 0 bridgehead atoms. The summed E-state index contributed by atoms with van der Waals surface area (Å²) in [6, 6.07) is 18.7. The molecule has 10 heteroatoms. The lowest BCUT2D eigenvalue weighted by Crippen LogP contribution is -2.39. The molecule has 0 fully saturated rings. The van der Waals surface area contributed by atoms with Gasteiger partial charge >= 0.3 is 0 Å². The Bertz CT molecular complexity index is 1300. The molecule has 0 spiro atoms. The molecular formula is C25H25ClN2O6S. The molecule has 184 valence electrons. The number of benzene rings is 3. The predicted molar refractivity (Wildman–Crippen MR) is 133 cm³/mol. The average Bonchev–Trinajstić information content (AvgIpc) is 2.87. The molecule has 0 aromatic heterocycles. The van der Waals surface area contributed by atoms with Crippen molar-refractivity contribution >= 4 is 33.2 Å². The van der Waals surface area contributed by atoms with Crippen LogP contribution in [0, 0.1) is 0 Å². The lowest BCUT2D eigenvalue weighted by molar-refractivity contribution is -0.116. The summed E-state index contributed by atoms with van der Waals surface area (Å²) < 4.78 is 44.3. The average molecular weight is 517 g/mol. The van der Waals surface area contributed by atoms with Crippen LogP contribution in [0.25, 0.3) is 0 Å². The quantitative estimate of drug-likeness (QED) is 0.462. The van der Waals surface area contributed by atoms with Crippen molar-refractivity contribution in [1.82, 2.24) is 4.31 Å². The minimum atomic E-state index is -4.03. The van der Waals surface area contributed by atoms with Crippen LogP contribution in [0.3, 0.4) is 0 Å². The van der Waals surface area contributed by atoms with E-state index in [4.69, 9.17) is 25.8 Å². The first kappa shape index (κ1) is 24.8. The van der Waals surface area contributed by atoms with Crippen LogP contribution in [-0.4, -0.2) is 52.0 Å². The number of anilines is 1. The lowest BCUT2D eigenvalue weighted by Gasteiger charge is -2.23. The van der Waals surface area contributed by atoms with Crippen molar-refractivity contribution < 1.29 is 27.4 Å². The molecule has 0 radical (unpaired) electrons. The number of fused-ring (bicyclic) bond motifs is 1. The van der Waals surface area contributed by atoms with E-state index in [1.54, 1.807) is 18.2 Å². The lowest BCUT2D eigenvalue weighted by atomic mass is 10.1. The van der Waals surface area contributed by atoms with E-state index in [1.807, 2.05) is 30.3 Å². The zero-order valence-corrected chi connectivity index (χ0v) is 20.6. The molecular weight excluding hydrogens is 492 g/mol. The first-order chi connectivity index (χ1) is 16.9. The van der Waals surface area contributed by atoms with E-state index in [0.717, 1.165) is 9.87 Å². The Balaban J connectivity index is 1.55. The molecule has 1 heterocycles. The number of nitrogens with one attached hydrogen (secondary N) is 1. The number of methoxy groups -OCH3 is 1. The fourth-order valence-electron chi connectivity index (χ4n) is 3.62. The maximum Gasteiger partial charge on any atom is 0.243 e. The number of sulfonamides is 1. The summed E-state index contributed by atoms with van der Waals surface area (Å²) in [5.41, 5.74) is 1.43. The van der Waals surface area contributed by atoms with Crippen LogP contribution in [-0.2, 0) is 21.2 Å². The van der Waals surface area contributed by atoms with Crippen molar-refractivity contribution in [2.45, 2.75) is 11.3 Å². The summed E-state index contributed by atoms with van der Waals surface area (Å²) in [6.45, 7) is 0.598. The number of ether oxygens (including phenoxy) is 3. The summed E-state index contributed by atoms with van der Waals surface area (Å²) in [5, 5.41) is 2.91. The van der Waals surface area contributed by atoms with Gasteiger partial charge in [-0.25, -0.2) is 8.42 Å². The van der Waals surface area contributed by atoms with Gasteiger partial charge in [0, 0.05) is 18.3 Å². The number of hydrogen-bond acceptors (Lipinski definition) is 6. The second kappa shape index (κ2) is 11.0. The molecule has 1 aliphatic heterocycles. The van der Waals surface area contributed by atoms with E-state index in [2.05, 4.69) is 5.32 Å². The molecule has 0 atom stereocenters. The maximum atomic E-state index is 13.5. The van der Waals surface area contributed by atoms with E-state index in [1.165, 1.54) is 25.3 Å². The Kier molecular flexibility index (Phi) is 7.80. The van der Waals surface area contributed by atoms with Crippen molar-refractivity contribution in [3.8, 4) is 17.2 Å². The van der Waals surface area contributed by atoms with Gasteiger partial charge < -0.3 is 19.5 Å². The van der Waals surface area contributed by atoms with Crippen molar-refractivity contribution in [2.75, 3.05) is 38.7 Å². The van der Waals surface area contributed by atoms with Crippen molar-refractivity contribution in [2.24, 2.45) is 0 Å².